The molecule has 3 nitrogen and oxygen atoms in total. The van der Waals surface area contributed by atoms with Crippen LogP contribution in [0.15, 0.2) is 48.5 Å². The van der Waals surface area contributed by atoms with Gasteiger partial charge in [0.15, 0.2) is 0 Å². The molecule has 0 spiro atoms. The van der Waals surface area contributed by atoms with Crippen LogP contribution in [0.3, 0.4) is 0 Å². The van der Waals surface area contributed by atoms with Gasteiger partial charge in [-0.1, -0.05) is 18.2 Å². The van der Waals surface area contributed by atoms with Crippen LogP contribution >= 0.6 is 11.3 Å². The summed E-state index contributed by atoms with van der Waals surface area (Å²) in [5.74, 6) is 0.224. The Morgan fingerprint density at radius 3 is 2.53 bits per heavy atom. The van der Waals surface area contributed by atoms with Crippen molar-refractivity contribution in [3.05, 3.63) is 54.1 Å². The van der Waals surface area contributed by atoms with Gasteiger partial charge in [-0.05, 0) is 30.3 Å². The molecule has 1 heterocycles. The summed E-state index contributed by atoms with van der Waals surface area (Å²) in [5.41, 5.74) is 1.51. The number of fused-ring (bicyclic) bond motifs is 1. The first kappa shape index (κ1) is 11.6. The highest BCUT2D eigenvalue weighted by Crippen LogP contribution is 2.36. The zero-order chi connectivity index (χ0) is 13.2. The van der Waals surface area contributed by atoms with Gasteiger partial charge in [0.2, 0.25) is 0 Å². The summed E-state index contributed by atoms with van der Waals surface area (Å²) in [7, 11) is 0. The van der Waals surface area contributed by atoms with E-state index in [-0.39, 0.29) is 5.75 Å². The second-order valence-corrected chi connectivity index (χ2v) is 5.14. The van der Waals surface area contributed by atoms with Gasteiger partial charge in [-0.3, -0.25) is 0 Å². The highest BCUT2D eigenvalue weighted by molar-refractivity contribution is 7.23. The molecule has 3 rings (SSSR count). The Hall–Kier alpha value is -2.51. The quantitative estimate of drug-likeness (QED) is 0.683. The van der Waals surface area contributed by atoms with Gasteiger partial charge in [-0.2, -0.15) is 5.26 Å². The standard InChI is InChI=1S/C15H10N2OS/c16-9-13-12-3-1-2-4-14(12)19-15(13)17-10-5-7-11(18)8-6-10/h1-8,17-18H. The Labute approximate surface area is 114 Å². The van der Waals surface area contributed by atoms with Gasteiger partial charge in [-0.15, -0.1) is 11.3 Å². The molecule has 0 fully saturated rings. The van der Waals surface area contributed by atoms with Crippen molar-refractivity contribution in [2.45, 2.75) is 0 Å². The van der Waals surface area contributed by atoms with Crippen molar-refractivity contribution in [1.82, 2.24) is 0 Å². The number of benzene rings is 2. The topological polar surface area (TPSA) is 56.0 Å². The van der Waals surface area contributed by atoms with Gasteiger partial charge in [0, 0.05) is 15.8 Å². The van der Waals surface area contributed by atoms with Crippen LogP contribution in [0.5, 0.6) is 5.75 Å². The molecule has 0 aliphatic carbocycles. The highest BCUT2D eigenvalue weighted by Gasteiger charge is 2.11. The summed E-state index contributed by atoms with van der Waals surface area (Å²) >= 11 is 1.55. The molecule has 2 N–H and O–H groups in total. The van der Waals surface area contributed by atoms with Gasteiger partial charge in [0.05, 0.1) is 5.56 Å². The predicted molar refractivity (Wildman–Crippen MR) is 77.9 cm³/mol. The van der Waals surface area contributed by atoms with Gasteiger partial charge >= 0.3 is 0 Å². The number of nitrogens with one attached hydrogen (secondary N) is 1. The number of hydrogen-bond acceptors (Lipinski definition) is 4. The lowest BCUT2D eigenvalue weighted by Gasteiger charge is -2.03. The number of phenols is 1. The first-order valence-electron chi connectivity index (χ1n) is 5.75. The summed E-state index contributed by atoms with van der Waals surface area (Å²) in [6.07, 6.45) is 0. The number of aromatic hydroxyl groups is 1. The lowest BCUT2D eigenvalue weighted by Crippen LogP contribution is -1.88. The number of nitrogens with zero attached hydrogens (tertiary/aromatic N) is 1. The van der Waals surface area contributed by atoms with Crippen LogP contribution in [0, 0.1) is 11.3 Å². The minimum Gasteiger partial charge on any atom is -0.508 e. The van der Waals surface area contributed by atoms with Crippen molar-refractivity contribution < 1.29 is 5.11 Å². The van der Waals surface area contributed by atoms with E-state index in [1.165, 1.54) is 0 Å². The molecular weight excluding hydrogens is 256 g/mol. The molecule has 92 valence electrons. The van der Waals surface area contributed by atoms with E-state index in [1.54, 1.807) is 35.6 Å². The SMILES string of the molecule is N#Cc1c(Nc2ccc(O)cc2)sc2ccccc12. The summed E-state index contributed by atoms with van der Waals surface area (Å²) < 4.78 is 1.08. The number of nitriles is 1. The molecule has 1 aromatic heterocycles. The maximum absolute atomic E-state index is 9.30. The monoisotopic (exact) mass is 266 g/mol. The molecule has 0 saturated carbocycles. The van der Waals surface area contributed by atoms with Crippen molar-refractivity contribution >= 4 is 32.1 Å². The van der Waals surface area contributed by atoms with Crippen molar-refractivity contribution in [2.24, 2.45) is 0 Å². The zero-order valence-electron chi connectivity index (χ0n) is 9.92. The predicted octanol–water partition coefficient (Wildman–Crippen LogP) is 4.22. The van der Waals surface area contributed by atoms with Crippen LogP contribution in [-0.4, -0.2) is 5.11 Å². The maximum atomic E-state index is 9.30. The zero-order valence-corrected chi connectivity index (χ0v) is 10.7. The fourth-order valence-electron chi connectivity index (χ4n) is 1.92. The van der Waals surface area contributed by atoms with Crippen molar-refractivity contribution in [2.75, 3.05) is 5.32 Å². The van der Waals surface area contributed by atoms with E-state index in [0.29, 0.717) is 5.56 Å². The summed E-state index contributed by atoms with van der Waals surface area (Å²) in [5, 5.41) is 23.6. The Bertz CT molecular complexity index is 769. The molecule has 2 aromatic carbocycles. The molecule has 0 aliphatic rings. The third-order valence-electron chi connectivity index (χ3n) is 2.83. The molecule has 0 bridgehead atoms. The molecule has 4 heteroatoms. The second-order valence-electron chi connectivity index (χ2n) is 4.09. The normalized spacial score (nSPS) is 10.3. The number of anilines is 2. The van der Waals surface area contributed by atoms with Crippen LogP contribution in [0.1, 0.15) is 5.56 Å². The first-order valence-corrected chi connectivity index (χ1v) is 6.57. The van der Waals surface area contributed by atoms with Crippen LogP contribution < -0.4 is 5.32 Å². The highest BCUT2D eigenvalue weighted by atomic mass is 32.1. The van der Waals surface area contributed by atoms with Crippen molar-refractivity contribution in [1.29, 1.82) is 5.26 Å². The minimum atomic E-state index is 0.224. The third-order valence-corrected chi connectivity index (χ3v) is 3.92. The number of hydrogen-bond donors (Lipinski definition) is 2. The fourth-order valence-corrected chi connectivity index (χ4v) is 2.99. The van der Waals surface area contributed by atoms with Crippen LogP contribution in [0.2, 0.25) is 0 Å². The Morgan fingerprint density at radius 1 is 1.05 bits per heavy atom. The molecule has 0 radical (unpaired) electrons. The van der Waals surface area contributed by atoms with Crippen LogP contribution in [-0.2, 0) is 0 Å². The molecule has 0 aliphatic heterocycles. The van der Waals surface area contributed by atoms with Crippen molar-refractivity contribution in [3.8, 4) is 11.8 Å². The van der Waals surface area contributed by atoms with E-state index in [9.17, 15) is 10.4 Å². The Kier molecular flexibility index (Phi) is 2.82. The molecule has 19 heavy (non-hydrogen) atoms. The lowest BCUT2D eigenvalue weighted by molar-refractivity contribution is 0.475. The largest absolute Gasteiger partial charge is 0.508 e. The van der Waals surface area contributed by atoms with E-state index in [0.717, 1.165) is 20.8 Å². The molecular formula is C15H10N2OS. The van der Waals surface area contributed by atoms with E-state index >= 15 is 0 Å². The average molecular weight is 266 g/mol. The van der Waals surface area contributed by atoms with E-state index < -0.39 is 0 Å². The van der Waals surface area contributed by atoms with E-state index in [2.05, 4.69) is 11.4 Å². The number of rotatable bonds is 2. The number of thiophene rings is 1. The van der Waals surface area contributed by atoms with Gasteiger partial charge in [0.1, 0.15) is 16.8 Å². The third kappa shape index (κ3) is 2.12. The smallest absolute Gasteiger partial charge is 0.115 e. The number of phenolic OH excluding ortho intramolecular Hbond substituents is 1. The molecule has 0 saturated heterocycles. The molecule has 3 aromatic rings. The van der Waals surface area contributed by atoms with E-state index in [1.807, 2.05) is 24.3 Å². The van der Waals surface area contributed by atoms with Crippen molar-refractivity contribution in [3.63, 3.8) is 0 Å². The van der Waals surface area contributed by atoms with Gasteiger partial charge in [0.25, 0.3) is 0 Å². The summed E-state index contributed by atoms with van der Waals surface area (Å²) in [6.45, 7) is 0. The van der Waals surface area contributed by atoms with Gasteiger partial charge < -0.3 is 10.4 Å². The molecule has 0 atom stereocenters. The van der Waals surface area contributed by atoms with Crippen LogP contribution in [0.25, 0.3) is 10.1 Å². The summed E-state index contributed by atoms with van der Waals surface area (Å²) in [6, 6.07) is 16.9. The van der Waals surface area contributed by atoms with Crippen LogP contribution in [0.4, 0.5) is 10.7 Å². The second kappa shape index (κ2) is 4.63. The molecule has 0 unspecified atom stereocenters. The lowest BCUT2D eigenvalue weighted by atomic mass is 10.2. The minimum absolute atomic E-state index is 0.224. The Balaban J connectivity index is 2.05. The Morgan fingerprint density at radius 2 is 1.79 bits per heavy atom. The first-order chi connectivity index (χ1) is 9.28. The summed E-state index contributed by atoms with van der Waals surface area (Å²) in [4.78, 5) is 0. The van der Waals surface area contributed by atoms with E-state index in [4.69, 9.17) is 0 Å². The molecule has 0 amide bonds. The fraction of sp³-hybridized carbons (Fsp3) is 0. The van der Waals surface area contributed by atoms with Gasteiger partial charge in [-0.25, -0.2) is 0 Å². The maximum Gasteiger partial charge on any atom is 0.115 e. The average Bonchev–Trinajstić information content (AvgIpc) is 2.78.